The number of nitrogens with one attached hydrogen (secondary N) is 1. The molecule has 1 fully saturated rings. The van der Waals surface area contributed by atoms with Crippen LogP contribution in [0.15, 0.2) is 29.6 Å². The van der Waals surface area contributed by atoms with Gasteiger partial charge >= 0.3 is 5.69 Å². The number of imidazole rings is 1. The first-order valence-electron chi connectivity index (χ1n) is 9.67. The third-order valence-corrected chi connectivity index (χ3v) is 5.90. The molecule has 0 unspecified atom stereocenters. The fraction of sp³-hybridized carbons (Fsp3) is 0.526. The number of piperidine rings is 1. The number of hydrogen-bond acceptors (Lipinski definition) is 5. The van der Waals surface area contributed by atoms with E-state index in [1.165, 1.54) is 10.8 Å². The van der Waals surface area contributed by atoms with Crippen LogP contribution in [0.4, 0.5) is 0 Å². The fourth-order valence-corrected chi connectivity index (χ4v) is 4.42. The molecule has 9 nitrogen and oxygen atoms in total. The summed E-state index contributed by atoms with van der Waals surface area (Å²) in [5.41, 5.74) is 1.14. The number of rotatable bonds is 3. The second kappa shape index (κ2) is 7.21. The topological polar surface area (TPSA) is 104 Å². The first kappa shape index (κ1) is 18.4. The quantitative estimate of drug-likeness (QED) is 0.819. The molecule has 0 aliphatic carbocycles. The number of amides is 2. The highest BCUT2D eigenvalue weighted by Gasteiger charge is 2.48. The molecule has 0 aromatic carbocycles. The van der Waals surface area contributed by atoms with Crippen LogP contribution in [0.5, 0.6) is 0 Å². The van der Waals surface area contributed by atoms with E-state index < -0.39 is 11.2 Å². The minimum atomic E-state index is -0.456. The van der Waals surface area contributed by atoms with E-state index in [4.69, 9.17) is 0 Å². The van der Waals surface area contributed by atoms with Crippen LogP contribution in [0.3, 0.4) is 0 Å². The summed E-state index contributed by atoms with van der Waals surface area (Å²) in [5, 5.41) is 0. The number of aromatic amines is 1. The van der Waals surface area contributed by atoms with Gasteiger partial charge in [-0.25, -0.2) is 14.8 Å². The molecule has 9 heteroatoms. The van der Waals surface area contributed by atoms with Gasteiger partial charge in [0.25, 0.3) is 0 Å². The smallest absolute Gasteiger partial charge is 0.347 e. The van der Waals surface area contributed by atoms with Gasteiger partial charge in [0, 0.05) is 50.6 Å². The molecule has 148 valence electrons. The monoisotopic (exact) mass is 384 g/mol. The van der Waals surface area contributed by atoms with Crippen molar-refractivity contribution >= 4 is 11.8 Å². The standard InChI is InChI=1S/C19H24N6O3/c1-2-15(26)25-9-4-14-17(22-13-21-14)19(25)5-10-23(11-6-19)16(27)12-24-8-3-7-20-18(24)28/h3,7-8,13H,2,4-6,9-12H2,1H3,(H,21,22). The predicted octanol–water partition coefficient (Wildman–Crippen LogP) is 0.279. The normalized spacial score (nSPS) is 18.2. The van der Waals surface area contributed by atoms with E-state index in [1.54, 1.807) is 23.5 Å². The number of carbonyl (C=O) groups is 2. The summed E-state index contributed by atoms with van der Waals surface area (Å²) in [5.74, 6) is 0.00622. The zero-order valence-electron chi connectivity index (χ0n) is 15.9. The van der Waals surface area contributed by atoms with Gasteiger partial charge in [-0.15, -0.1) is 0 Å². The summed E-state index contributed by atoms with van der Waals surface area (Å²) < 4.78 is 1.31. The Hall–Kier alpha value is -2.97. The van der Waals surface area contributed by atoms with Crippen LogP contribution in [-0.2, 0) is 28.1 Å². The molecule has 0 bridgehead atoms. The number of fused-ring (bicyclic) bond motifs is 2. The van der Waals surface area contributed by atoms with Crippen LogP contribution < -0.4 is 5.69 Å². The minimum absolute atomic E-state index is 0.0229. The maximum Gasteiger partial charge on any atom is 0.347 e. The summed E-state index contributed by atoms with van der Waals surface area (Å²) in [7, 11) is 0. The molecule has 2 aromatic heterocycles. The van der Waals surface area contributed by atoms with Crippen molar-refractivity contribution in [2.45, 2.75) is 44.7 Å². The van der Waals surface area contributed by atoms with Crippen molar-refractivity contribution in [3.63, 3.8) is 0 Å². The molecule has 1 saturated heterocycles. The Morgan fingerprint density at radius 3 is 2.68 bits per heavy atom. The lowest BCUT2D eigenvalue weighted by atomic mass is 9.78. The molecular formula is C19H24N6O3. The highest BCUT2D eigenvalue weighted by Crippen LogP contribution is 2.42. The van der Waals surface area contributed by atoms with Crippen molar-refractivity contribution in [2.75, 3.05) is 19.6 Å². The van der Waals surface area contributed by atoms with E-state index in [2.05, 4.69) is 15.0 Å². The molecule has 2 aliphatic rings. The van der Waals surface area contributed by atoms with Gasteiger partial charge < -0.3 is 14.8 Å². The second-order valence-electron chi connectivity index (χ2n) is 7.32. The van der Waals surface area contributed by atoms with E-state index in [-0.39, 0.29) is 18.4 Å². The fourth-order valence-electron chi connectivity index (χ4n) is 4.42. The average molecular weight is 384 g/mol. The zero-order valence-corrected chi connectivity index (χ0v) is 15.9. The lowest BCUT2D eigenvalue weighted by molar-refractivity contribution is -0.144. The van der Waals surface area contributed by atoms with Gasteiger partial charge in [0.15, 0.2) is 0 Å². The van der Waals surface area contributed by atoms with Crippen LogP contribution in [0.2, 0.25) is 0 Å². The molecule has 1 N–H and O–H groups in total. The Labute approximate surface area is 162 Å². The van der Waals surface area contributed by atoms with Gasteiger partial charge in [0.1, 0.15) is 6.54 Å². The second-order valence-corrected chi connectivity index (χ2v) is 7.32. The lowest BCUT2D eigenvalue weighted by Crippen LogP contribution is -2.59. The molecule has 0 radical (unpaired) electrons. The van der Waals surface area contributed by atoms with Crippen molar-refractivity contribution < 1.29 is 9.59 Å². The molecule has 2 aromatic rings. The lowest BCUT2D eigenvalue weighted by Gasteiger charge is -2.50. The SMILES string of the molecule is CCC(=O)N1CCc2[nH]cnc2C12CCN(C(=O)Cn1cccnc1=O)CC2. The van der Waals surface area contributed by atoms with Crippen LogP contribution in [0, 0.1) is 0 Å². The molecule has 1 spiro atoms. The minimum Gasteiger partial charge on any atom is -0.348 e. The predicted molar refractivity (Wildman–Crippen MR) is 100 cm³/mol. The Morgan fingerprint density at radius 2 is 1.96 bits per heavy atom. The van der Waals surface area contributed by atoms with E-state index >= 15 is 0 Å². The highest BCUT2D eigenvalue weighted by molar-refractivity contribution is 5.78. The third-order valence-electron chi connectivity index (χ3n) is 5.90. The van der Waals surface area contributed by atoms with Gasteiger partial charge in [-0.05, 0) is 18.9 Å². The molecule has 2 amide bonds. The average Bonchev–Trinajstić information content (AvgIpc) is 3.20. The van der Waals surface area contributed by atoms with Crippen LogP contribution >= 0.6 is 0 Å². The number of H-pyrrole nitrogens is 1. The van der Waals surface area contributed by atoms with Crippen molar-refractivity contribution in [3.8, 4) is 0 Å². The summed E-state index contributed by atoms with van der Waals surface area (Å²) >= 11 is 0. The first-order valence-corrected chi connectivity index (χ1v) is 9.67. The number of likely N-dealkylation sites (tertiary alicyclic amines) is 1. The van der Waals surface area contributed by atoms with Crippen LogP contribution in [-0.4, -0.2) is 60.8 Å². The molecular weight excluding hydrogens is 360 g/mol. The third kappa shape index (κ3) is 3.00. The summed E-state index contributed by atoms with van der Waals surface area (Å²) in [6, 6.07) is 1.63. The van der Waals surface area contributed by atoms with Crippen LogP contribution in [0.25, 0.3) is 0 Å². The van der Waals surface area contributed by atoms with Gasteiger partial charge in [0.2, 0.25) is 11.8 Å². The van der Waals surface area contributed by atoms with Crippen molar-refractivity contribution in [1.82, 2.24) is 29.3 Å². The Morgan fingerprint density at radius 1 is 1.18 bits per heavy atom. The first-order chi connectivity index (χ1) is 13.5. The molecule has 2 aliphatic heterocycles. The number of hydrogen-bond donors (Lipinski definition) is 1. The molecule has 28 heavy (non-hydrogen) atoms. The van der Waals surface area contributed by atoms with E-state index in [0.29, 0.717) is 38.9 Å². The van der Waals surface area contributed by atoms with Gasteiger partial charge in [-0.3, -0.25) is 14.2 Å². The van der Waals surface area contributed by atoms with Crippen molar-refractivity contribution in [1.29, 1.82) is 0 Å². The van der Waals surface area contributed by atoms with Crippen molar-refractivity contribution in [2.24, 2.45) is 0 Å². The molecule has 4 heterocycles. The van der Waals surface area contributed by atoms with Crippen LogP contribution in [0.1, 0.15) is 37.6 Å². The number of nitrogens with zero attached hydrogens (tertiary/aromatic N) is 5. The van der Waals surface area contributed by atoms with Gasteiger partial charge in [-0.1, -0.05) is 6.92 Å². The molecule has 0 saturated carbocycles. The Kier molecular flexibility index (Phi) is 4.74. The van der Waals surface area contributed by atoms with Crippen molar-refractivity contribution in [3.05, 3.63) is 46.7 Å². The number of aromatic nitrogens is 4. The van der Waals surface area contributed by atoms with E-state index in [9.17, 15) is 14.4 Å². The van der Waals surface area contributed by atoms with Gasteiger partial charge in [0.05, 0.1) is 17.6 Å². The highest BCUT2D eigenvalue weighted by atomic mass is 16.2. The Balaban J connectivity index is 1.53. The maximum absolute atomic E-state index is 12.7. The molecule has 4 rings (SSSR count). The number of carbonyl (C=O) groups excluding carboxylic acids is 2. The van der Waals surface area contributed by atoms with Gasteiger partial charge in [-0.2, -0.15) is 0 Å². The summed E-state index contributed by atoms with van der Waals surface area (Å²) in [6.07, 6.45) is 7.19. The Bertz CT molecular complexity index is 941. The molecule has 0 atom stereocenters. The van der Waals surface area contributed by atoms with E-state index in [0.717, 1.165) is 17.8 Å². The largest absolute Gasteiger partial charge is 0.348 e. The maximum atomic E-state index is 12.7. The summed E-state index contributed by atoms with van der Waals surface area (Å²) in [6.45, 7) is 3.56. The zero-order chi connectivity index (χ0) is 19.7. The van der Waals surface area contributed by atoms with E-state index in [1.807, 2.05) is 11.8 Å². The summed E-state index contributed by atoms with van der Waals surface area (Å²) in [4.78, 5) is 52.2.